The van der Waals surface area contributed by atoms with Crippen LogP contribution >= 0.6 is 11.6 Å². The van der Waals surface area contributed by atoms with Crippen molar-refractivity contribution < 1.29 is 4.74 Å². The fourth-order valence-corrected chi connectivity index (χ4v) is 1.73. The van der Waals surface area contributed by atoms with Crippen molar-refractivity contribution in [3.05, 3.63) is 53.6 Å². The molecule has 0 spiro atoms. The minimum absolute atomic E-state index is 0.0878. The number of rotatable bonds is 3. The summed E-state index contributed by atoms with van der Waals surface area (Å²) < 4.78 is 5.74. The molecule has 0 bridgehead atoms. The summed E-state index contributed by atoms with van der Waals surface area (Å²) in [6, 6.07) is 14.2. The topological polar surface area (TPSA) is 112 Å². The van der Waals surface area contributed by atoms with Crippen LogP contribution in [0, 0.1) is 0 Å². The van der Waals surface area contributed by atoms with E-state index in [1.165, 1.54) is 0 Å². The standard InChI is InChI=1S/C14H14ClN5O/c15-9-6-7-12(21-10-4-2-1-3-5-10)11(8-9)19-14(18)20-13(16)17/h1-8H,(H6,16,17,18,19,20). The van der Waals surface area contributed by atoms with Crippen LogP contribution in [0.1, 0.15) is 0 Å². The Morgan fingerprint density at radius 3 is 2.38 bits per heavy atom. The number of benzene rings is 2. The van der Waals surface area contributed by atoms with Gasteiger partial charge in [0.1, 0.15) is 11.4 Å². The molecule has 0 aliphatic rings. The van der Waals surface area contributed by atoms with Crippen molar-refractivity contribution >= 4 is 29.2 Å². The summed E-state index contributed by atoms with van der Waals surface area (Å²) in [6.07, 6.45) is 0. The van der Waals surface area contributed by atoms with Gasteiger partial charge in [0.15, 0.2) is 11.7 Å². The van der Waals surface area contributed by atoms with E-state index in [4.69, 9.17) is 33.5 Å². The van der Waals surface area contributed by atoms with Crippen molar-refractivity contribution in [2.24, 2.45) is 27.2 Å². The van der Waals surface area contributed by atoms with Crippen molar-refractivity contribution in [2.75, 3.05) is 0 Å². The second kappa shape index (κ2) is 6.62. The lowest BCUT2D eigenvalue weighted by Gasteiger charge is -2.09. The van der Waals surface area contributed by atoms with Crippen molar-refractivity contribution in [3.63, 3.8) is 0 Å². The van der Waals surface area contributed by atoms with Gasteiger partial charge in [-0.15, -0.1) is 0 Å². The Labute approximate surface area is 126 Å². The Hall–Kier alpha value is -2.73. The van der Waals surface area contributed by atoms with Gasteiger partial charge in [-0.2, -0.15) is 4.99 Å². The van der Waals surface area contributed by atoms with Crippen molar-refractivity contribution in [1.82, 2.24) is 0 Å². The number of guanidine groups is 2. The van der Waals surface area contributed by atoms with E-state index in [2.05, 4.69) is 9.98 Å². The molecule has 0 aromatic heterocycles. The highest BCUT2D eigenvalue weighted by atomic mass is 35.5. The molecular formula is C14H14ClN5O. The van der Waals surface area contributed by atoms with Crippen molar-refractivity contribution in [2.45, 2.75) is 0 Å². The maximum atomic E-state index is 5.96. The van der Waals surface area contributed by atoms with E-state index in [1.807, 2.05) is 30.3 Å². The number of para-hydroxylation sites is 1. The highest BCUT2D eigenvalue weighted by Gasteiger charge is 2.06. The molecule has 0 saturated carbocycles. The largest absolute Gasteiger partial charge is 0.455 e. The SMILES string of the molecule is NC(N)=NC(N)=Nc1cc(Cl)ccc1Oc1ccccc1. The zero-order valence-corrected chi connectivity index (χ0v) is 11.8. The lowest BCUT2D eigenvalue weighted by molar-refractivity contribution is 0.484. The van der Waals surface area contributed by atoms with E-state index in [-0.39, 0.29) is 11.9 Å². The molecular weight excluding hydrogens is 290 g/mol. The van der Waals surface area contributed by atoms with Gasteiger partial charge in [-0.25, -0.2) is 4.99 Å². The summed E-state index contributed by atoms with van der Waals surface area (Å²) in [5.41, 5.74) is 16.5. The predicted octanol–water partition coefficient (Wildman–Crippen LogP) is 2.35. The summed E-state index contributed by atoms with van der Waals surface area (Å²) >= 11 is 5.96. The number of halogens is 1. The van der Waals surface area contributed by atoms with Gasteiger partial charge in [0.05, 0.1) is 0 Å². The fourth-order valence-electron chi connectivity index (χ4n) is 1.56. The van der Waals surface area contributed by atoms with Crippen LogP contribution in [0.5, 0.6) is 11.5 Å². The number of hydrogen-bond acceptors (Lipinski definition) is 2. The average Bonchev–Trinajstić information content (AvgIpc) is 2.42. The summed E-state index contributed by atoms with van der Waals surface area (Å²) in [7, 11) is 0. The maximum Gasteiger partial charge on any atom is 0.223 e. The maximum absolute atomic E-state index is 5.96. The van der Waals surface area contributed by atoms with Gasteiger partial charge in [0.25, 0.3) is 0 Å². The van der Waals surface area contributed by atoms with Crippen LogP contribution in [0.15, 0.2) is 58.5 Å². The van der Waals surface area contributed by atoms with Gasteiger partial charge < -0.3 is 21.9 Å². The molecule has 6 nitrogen and oxygen atoms in total. The lowest BCUT2D eigenvalue weighted by atomic mass is 10.3. The third kappa shape index (κ3) is 4.39. The molecule has 2 rings (SSSR count). The molecule has 108 valence electrons. The molecule has 0 amide bonds. The summed E-state index contributed by atoms with van der Waals surface area (Å²) in [6.45, 7) is 0. The smallest absolute Gasteiger partial charge is 0.223 e. The molecule has 21 heavy (non-hydrogen) atoms. The van der Waals surface area contributed by atoms with Gasteiger partial charge in [0.2, 0.25) is 5.96 Å². The molecule has 0 heterocycles. The molecule has 0 atom stereocenters. The Kier molecular flexibility index (Phi) is 4.63. The molecule has 0 saturated heterocycles. The number of ether oxygens (including phenoxy) is 1. The van der Waals surface area contributed by atoms with Gasteiger partial charge in [-0.3, -0.25) is 0 Å². The quantitative estimate of drug-likeness (QED) is 0.596. The van der Waals surface area contributed by atoms with E-state index in [0.29, 0.717) is 22.2 Å². The molecule has 6 N–H and O–H groups in total. The summed E-state index contributed by atoms with van der Waals surface area (Å²) in [5.74, 6) is 0.884. The first kappa shape index (κ1) is 14.7. The zero-order chi connectivity index (χ0) is 15.2. The number of nitrogens with two attached hydrogens (primary N) is 3. The van der Waals surface area contributed by atoms with Gasteiger partial charge in [-0.1, -0.05) is 29.8 Å². The molecule has 2 aromatic rings. The van der Waals surface area contributed by atoms with E-state index >= 15 is 0 Å². The average molecular weight is 304 g/mol. The highest BCUT2D eigenvalue weighted by molar-refractivity contribution is 6.30. The Morgan fingerprint density at radius 1 is 1.00 bits per heavy atom. The zero-order valence-electron chi connectivity index (χ0n) is 11.0. The normalized spacial score (nSPS) is 11.0. The second-order valence-corrected chi connectivity index (χ2v) is 4.47. The summed E-state index contributed by atoms with van der Waals surface area (Å²) in [4.78, 5) is 7.75. The lowest BCUT2D eigenvalue weighted by Crippen LogP contribution is -2.26. The molecule has 0 aliphatic heterocycles. The molecule has 7 heteroatoms. The Balaban J connectivity index is 2.36. The van der Waals surface area contributed by atoms with Crippen molar-refractivity contribution in [1.29, 1.82) is 0 Å². The third-order valence-corrected chi connectivity index (χ3v) is 2.61. The minimum atomic E-state index is -0.177. The number of nitrogens with zero attached hydrogens (tertiary/aromatic N) is 2. The van der Waals surface area contributed by atoms with Crippen LogP contribution in [0.25, 0.3) is 0 Å². The molecule has 2 aromatic carbocycles. The fraction of sp³-hybridized carbons (Fsp3) is 0. The predicted molar refractivity (Wildman–Crippen MR) is 85.1 cm³/mol. The first-order valence-electron chi connectivity index (χ1n) is 6.01. The van der Waals surface area contributed by atoms with Crippen molar-refractivity contribution in [3.8, 4) is 11.5 Å². The van der Waals surface area contributed by atoms with Crippen LogP contribution in [-0.2, 0) is 0 Å². The monoisotopic (exact) mass is 303 g/mol. The Morgan fingerprint density at radius 2 is 1.71 bits per heavy atom. The minimum Gasteiger partial charge on any atom is -0.455 e. The first-order chi connectivity index (χ1) is 10.0. The van der Waals surface area contributed by atoms with E-state index in [1.54, 1.807) is 18.2 Å². The van der Waals surface area contributed by atoms with Crippen LogP contribution < -0.4 is 21.9 Å². The van der Waals surface area contributed by atoms with Crippen LogP contribution in [0.2, 0.25) is 5.02 Å². The van der Waals surface area contributed by atoms with E-state index in [0.717, 1.165) is 0 Å². The van der Waals surface area contributed by atoms with Gasteiger partial charge in [-0.05, 0) is 30.3 Å². The molecule has 0 radical (unpaired) electrons. The molecule has 0 unspecified atom stereocenters. The third-order valence-electron chi connectivity index (χ3n) is 2.37. The molecule has 0 fully saturated rings. The van der Waals surface area contributed by atoms with E-state index < -0.39 is 0 Å². The van der Waals surface area contributed by atoms with Gasteiger partial charge in [0, 0.05) is 5.02 Å². The Bertz CT molecular complexity index is 681. The number of aliphatic imine (C=N–C) groups is 2. The van der Waals surface area contributed by atoms with Crippen LogP contribution in [-0.4, -0.2) is 11.9 Å². The van der Waals surface area contributed by atoms with E-state index in [9.17, 15) is 0 Å². The van der Waals surface area contributed by atoms with Crippen LogP contribution in [0.4, 0.5) is 5.69 Å². The van der Waals surface area contributed by atoms with Crippen LogP contribution in [0.3, 0.4) is 0 Å². The number of hydrogen-bond donors (Lipinski definition) is 3. The van der Waals surface area contributed by atoms with Gasteiger partial charge >= 0.3 is 0 Å². The molecule has 0 aliphatic carbocycles. The highest BCUT2D eigenvalue weighted by Crippen LogP contribution is 2.34. The second-order valence-electron chi connectivity index (χ2n) is 4.03. The summed E-state index contributed by atoms with van der Waals surface area (Å²) in [5, 5.41) is 0.492. The first-order valence-corrected chi connectivity index (χ1v) is 6.38.